The molecule has 0 atom stereocenters. The van der Waals surface area contributed by atoms with Gasteiger partial charge in [-0.1, -0.05) is 53.5 Å². The van der Waals surface area contributed by atoms with Gasteiger partial charge in [0.05, 0.1) is 23.9 Å². The highest BCUT2D eigenvalue weighted by Gasteiger charge is 2.17. The van der Waals surface area contributed by atoms with E-state index in [0.717, 1.165) is 44.8 Å². The maximum Gasteiger partial charge on any atom is 0.322 e. The molecule has 5 nitrogen and oxygen atoms in total. The van der Waals surface area contributed by atoms with Gasteiger partial charge in [-0.25, -0.2) is 4.79 Å². The molecule has 1 aliphatic heterocycles. The number of carbonyl (C=O) groups excluding carboxylic acids is 1. The summed E-state index contributed by atoms with van der Waals surface area (Å²) >= 11 is 12.2. The fourth-order valence-corrected chi connectivity index (χ4v) is 3.49. The van der Waals surface area contributed by atoms with Crippen molar-refractivity contribution < 1.29 is 9.53 Å². The van der Waals surface area contributed by atoms with Crippen LogP contribution in [0.1, 0.15) is 12.0 Å². The Morgan fingerprint density at radius 3 is 2.61 bits per heavy atom. The standard InChI is InChI=1S/C21H25Cl2N3O2/c22-18-7-8-19(23)20(15-18)24-21(27)26(16-17-5-2-1-3-6-17)10-4-9-25-11-13-28-14-12-25/h1-3,5-8,15H,4,9-14,16H2,(H,24,27). The summed E-state index contributed by atoms with van der Waals surface area (Å²) in [5, 5.41) is 3.89. The third-order valence-electron chi connectivity index (χ3n) is 4.68. The number of carbonyl (C=O) groups is 1. The van der Waals surface area contributed by atoms with Crippen LogP contribution in [0.25, 0.3) is 0 Å². The summed E-state index contributed by atoms with van der Waals surface area (Å²) in [7, 11) is 0. The number of hydrogen-bond acceptors (Lipinski definition) is 3. The first-order valence-corrected chi connectivity index (χ1v) is 10.2. The Bertz CT molecular complexity index is 768. The molecule has 1 aliphatic rings. The lowest BCUT2D eigenvalue weighted by Crippen LogP contribution is -2.40. The monoisotopic (exact) mass is 421 g/mol. The molecule has 1 heterocycles. The summed E-state index contributed by atoms with van der Waals surface area (Å²) in [4.78, 5) is 17.1. The molecular formula is C21H25Cl2N3O2. The number of morpholine rings is 1. The second-order valence-corrected chi connectivity index (χ2v) is 7.61. The molecule has 3 rings (SSSR count). The van der Waals surface area contributed by atoms with E-state index in [4.69, 9.17) is 27.9 Å². The zero-order valence-electron chi connectivity index (χ0n) is 15.7. The molecule has 0 unspecified atom stereocenters. The maximum atomic E-state index is 12.9. The number of nitrogens with zero attached hydrogens (tertiary/aromatic N) is 2. The number of rotatable bonds is 7. The Balaban J connectivity index is 1.63. The van der Waals surface area contributed by atoms with Crippen molar-refractivity contribution in [3.05, 3.63) is 64.1 Å². The van der Waals surface area contributed by atoms with Gasteiger partial charge in [0.15, 0.2) is 0 Å². The second kappa shape index (κ2) is 10.7. The average Bonchev–Trinajstić information content (AvgIpc) is 2.71. The van der Waals surface area contributed by atoms with Crippen LogP contribution in [0.15, 0.2) is 48.5 Å². The minimum Gasteiger partial charge on any atom is -0.379 e. The first kappa shape index (κ1) is 20.9. The quantitative estimate of drug-likeness (QED) is 0.701. The summed E-state index contributed by atoms with van der Waals surface area (Å²) in [5.41, 5.74) is 1.60. The molecule has 0 bridgehead atoms. The van der Waals surface area contributed by atoms with Crippen molar-refractivity contribution in [3.63, 3.8) is 0 Å². The van der Waals surface area contributed by atoms with E-state index in [0.29, 0.717) is 28.8 Å². The number of halogens is 2. The topological polar surface area (TPSA) is 44.8 Å². The van der Waals surface area contributed by atoms with Crippen molar-refractivity contribution in [2.75, 3.05) is 44.7 Å². The smallest absolute Gasteiger partial charge is 0.322 e. The number of hydrogen-bond donors (Lipinski definition) is 1. The van der Waals surface area contributed by atoms with Crippen LogP contribution in [0, 0.1) is 0 Å². The molecular weight excluding hydrogens is 397 g/mol. The predicted octanol–water partition coefficient (Wildman–Crippen LogP) is 4.75. The Labute approximate surface area is 176 Å². The van der Waals surface area contributed by atoms with Crippen LogP contribution < -0.4 is 5.32 Å². The fraction of sp³-hybridized carbons (Fsp3) is 0.381. The van der Waals surface area contributed by atoms with E-state index in [1.807, 2.05) is 35.2 Å². The zero-order chi connectivity index (χ0) is 19.8. The summed E-state index contributed by atoms with van der Waals surface area (Å²) in [6, 6.07) is 14.8. The van der Waals surface area contributed by atoms with E-state index < -0.39 is 0 Å². The first-order chi connectivity index (χ1) is 13.6. The van der Waals surface area contributed by atoms with Crippen molar-refractivity contribution in [2.45, 2.75) is 13.0 Å². The second-order valence-electron chi connectivity index (χ2n) is 6.77. The Morgan fingerprint density at radius 2 is 1.86 bits per heavy atom. The van der Waals surface area contributed by atoms with Gasteiger partial charge in [-0.15, -0.1) is 0 Å². The lowest BCUT2D eigenvalue weighted by atomic mass is 10.2. The average molecular weight is 422 g/mol. The van der Waals surface area contributed by atoms with Crippen molar-refractivity contribution in [3.8, 4) is 0 Å². The lowest BCUT2D eigenvalue weighted by Gasteiger charge is -2.28. The minimum atomic E-state index is -0.185. The molecule has 150 valence electrons. The maximum absolute atomic E-state index is 12.9. The molecule has 28 heavy (non-hydrogen) atoms. The molecule has 0 spiro atoms. The number of benzene rings is 2. The van der Waals surface area contributed by atoms with Crippen LogP contribution >= 0.6 is 23.2 Å². The molecule has 7 heteroatoms. The zero-order valence-corrected chi connectivity index (χ0v) is 17.3. The highest BCUT2D eigenvalue weighted by molar-refractivity contribution is 6.35. The van der Waals surface area contributed by atoms with Crippen molar-refractivity contribution in [1.29, 1.82) is 0 Å². The third kappa shape index (κ3) is 6.38. The Morgan fingerprint density at radius 1 is 1.11 bits per heavy atom. The van der Waals surface area contributed by atoms with Gasteiger partial charge in [0.2, 0.25) is 0 Å². The van der Waals surface area contributed by atoms with Crippen molar-refractivity contribution in [1.82, 2.24) is 9.80 Å². The first-order valence-electron chi connectivity index (χ1n) is 9.47. The fourth-order valence-electron chi connectivity index (χ4n) is 3.15. The van der Waals surface area contributed by atoms with Crippen LogP contribution in [0.2, 0.25) is 10.0 Å². The Kier molecular flexibility index (Phi) is 7.98. The van der Waals surface area contributed by atoms with Gasteiger partial charge in [-0.05, 0) is 30.2 Å². The molecule has 2 aromatic rings. The van der Waals surface area contributed by atoms with Crippen LogP contribution in [0.4, 0.5) is 10.5 Å². The molecule has 1 fully saturated rings. The normalized spacial score (nSPS) is 14.6. The highest BCUT2D eigenvalue weighted by atomic mass is 35.5. The van der Waals surface area contributed by atoms with Crippen LogP contribution in [-0.2, 0) is 11.3 Å². The van der Waals surface area contributed by atoms with Gasteiger partial charge >= 0.3 is 6.03 Å². The number of urea groups is 1. The van der Waals surface area contributed by atoms with Crippen LogP contribution in [0.3, 0.4) is 0 Å². The van der Waals surface area contributed by atoms with Crippen molar-refractivity contribution in [2.24, 2.45) is 0 Å². The summed E-state index contributed by atoms with van der Waals surface area (Å²) in [6.07, 6.45) is 0.892. The minimum absolute atomic E-state index is 0.185. The number of ether oxygens (including phenoxy) is 1. The highest BCUT2D eigenvalue weighted by Crippen LogP contribution is 2.26. The predicted molar refractivity (Wildman–Crippen MR) is 114 cm³/mol. The molecule has 2 amide bonds. The molecule has 0 radical (unpaired) electrons. The molecule has 0 aliphatic carbocycles. The summed E-state index contributed by atoms with van der Waals surface area (Å²) < 4.78 is 5.39. The van der Waals surface area contributed by atoms with E-state index in [-0.39, 0.29) is 6.03 Å². The van der Waals surface area contributed by atoms with Crippen LogP contribution in [0.5, 0.6) is 0 Å². The molecule has 0 saturated carbocycles. The third-order valence-corrected chi connectivity index (χ3v) is 5.24. The largest absolute Gasteiger partial charge is 0.379 e. The molecule has 0 aromatic heterocycles. The number of anilines is 1. The number of nitrogens with one attached hydrogen (secondary N) is 1. The summed E-state index contributed by atoms with van der Waals surface area (Å²) in [6.45, 7) is 5.58. The SMILES string of the molecule is O=C(Nc1cc(Cl)ccc1Cl)N(CCCN1CCOCC1)Cc1ccccc1. The van der Waals surface area contributed by atoms with Gasteiger partial charge in [-0.2, -0.15) is 0 Å². The Hall–Kier alpha value is -1.79. The molecule has 1 N–H and O–H groups in total. The van der Waals surface area contributed by atoms with Gasteiger partial charge in [-0.3, -0.25) is 4.90 Å². The molecule has 1 saturated heterocycles. The van der Waals surface area contributed by atoms with Crippen molar-refractivity contribution >= 4 is 34.9 Å². The van der Waals surface area contributed by atoms with Gasteiger partial charge in [0, 0.05) is 37.7 Å². The van der Waals surface area contributed by atoms with Gasteiger partial charge in [0.1, 0.15) is 0 Å². The van der Waals surface area contributed by atoms with E-state index in [1.165, 1.54) is 0 Å². The number of amides is 2. The van der Waals surface area contributed by atoms with Gasteiger partial charge in [0.25, 0.3) is 0 Å². The van der Waals surface area contributed by atoms with E-state index in [2.05, 4.69) is 10.2 Å². The summed E-state index contributed by atoms with van der Waals surface area (Å²) in [5.74, 6) is 0. The van der Waals surface area contributed by atoms with Crippen LogP contribution in [-0.4, -0.2) is 55.2 Å². The van der Waals surface area contributed by atoms with Gasteiger partial charge < -0.3 is 15.0 Å². The van der Waals surface area contributed by atoms with E-state index >= 15 is 0 Å². The molecule has 2 aromatic carbocycles. The van der Waals surface area contributed by atoms with E-state index in [1.54, 1.807) is 18.2 Å². The van der Waals surface area contributed by atoms with E-state index in [9.17, 15) is 4.79 Å². The lowest BCUT2D eigenvalue weighted by molar-refractivity contribution is 0.0365.